The lowest BCUT2D eigenvalue weighted by atomic mass is 10.2. The summed E-state index contributed by atoms with van der Waals surface area (Å²) in [5.74, 6) is 0.363. The molecule has 0 aliphatic rings. The normalized spacial score (nSPS) is 11.8. The number of azo groups is 1. The van der Waals surface area contributed by atoms with E-state index in [1.165, 1.54) is 25.3 Å². The molecule has 0 radical (unpaired) electrons. The number of nitrogens with two attached hydrogens (primary N) is 1. The van der Waals surface area contributed by atoms with Gasteiger partial charge in [0, 0.05) is 11.1 Å². The Bertz CT molecular complexity index is 1150. The smallest absolute Gasteiger partial charge is 0.238 e. The summed E-state index contributed by atoms with van der Waals surface area (Å²) in [6.07, 6.45) is 0. The number of hydrogen-bond acceptors (Lipinski definition) is 6. The predicted molar refractivity (Wildman–Crippen MR) is 105 cm³/mol. The lowest BCUT2D eigenvalue weighted by Gasteiger charge is -2.05. The fourth-order valence-corrected chi connectivity index (χ4v) is 3.15. The van der Waals surface area contributed by atoms with E-state index in [9.17, 15) is 13.5 Å². The number of benzene rings is 2. The molecule has 3 aromatic rings. The van der Waals surface area contributed by atoms with Crippen LogP contribution in [0.1, 0.15) is 0 Å². The minimum Gasteiger partial charge on any atom is -0.495 e. The summed E-state index contributed by atoms with van der Waals surface area (Å²) < 4.78 is 28.0. The molecule has 0 fully saturated rings. The first-order chi connectivity index (χ1) is 12.8. The van der Waals surface area contributed by atoms with Crippen LogP contribution >= 0.6 is 12.2 Å². The van der Waals surface area contributed by atoms with Crippen molar-refractivity contribution in [2.75, 3.05) is 12.4 Å². The topological polar surface area (TPSA) is 142 Å². The van der Waals surface area contributed by atoms with Crippen LogP contribution in [0.2, 0.25) is 0 Å². The largest absolute Gasteiger partial charge is 0.495 e. The monoisotopic (exact) mass is 405 g/mol. The maximum atomic E-state index is 11.4. The van der Waals surface area contributed by atoms with Gasteiger partial charge in [-0.25, -0.2) is 13.6 Å². The van der Waals surface area contributed by atoms with E-state index in [0.29, 0.717) is 22.3 Å². The number of aromatic amines is 1. The molecule has 0 amide bonds. The molecule has 0 aliphatic carbocycles. The minimum atomic E-state index is -3.83. The number of anilines is 1. The Morgan fingerprint density at radius 3 is 2.74 bits per heavy atom. The number of H-pyrrole nitrogens is 1. The average molecular weight is 405 g/mol. The van der Waals surface area contributed by atoms with Crippen molar-refractivity contribution >= 4 is 49.6 Å². The standard InChI is InChI=1S/C16H15N5O4S2/c1-25-12-7-3-6-11-13(12)19-15(22)14(11)20-21-16(26)18-9-4-2-5-10(8-9)27(17,23)24/h2-8,19,22H,1H3,(H,18,26)(H2,17,23,24). The van der Waals surface area contributed by atoms with Crippen LogP contribution in [-0.4, -0.2) is 30.7 Å². The first-order valence-electron chi connectivity index (χ1n) is 7.53. The molecule has 1 heterocycles. The number of sulfonamides is 1. The van der Waals surface area contributed by atoms with E-state index in [1.807, 2.05) is 0 Å². The van der Waals surface area contributed by atoms with Crippen molar-refractivity contribution in [1.29, 1.82) is 0 Å². The van der Waals surface area contributed by atoms with E-state index in [1.54, 1.807) is 24.3 Å². The van der Waals surface area contributed by atoms with E-state index >= 15 is 0 Å². The van der Waals surface area contributed by atoms with Gasteiger partial charge in [-0.2, -0.15) is 0 Å². The van der Waals surface area contributed by atoms with Crippen LogP contribution < -0.4 is 15.2 Å². The predicted octanol–water partition coefficient (Wildman–Crippen LogP) is 3.01. The van der Waals surface area contributed by atoms with Crippen LogP contribution in [0.3, 0.4) is 0 Å². The molecule has 5 N–H and O–H groups in total. The highest BCUT2D eigenvalue weighted by atomic mass is 32.2. The Hall–Kier alpha value is -3.02. The van der Waals surface area contributed by atoms with Crippen LogP contribution in [0.4, 0.5) is 11.4 Å². The lowest BCUT2D eigenvalue weighted by Crippen LogP contribution is -2.13. The second kappa shape index (κ2) is 7.31. The van der Waals surface area contributed by atoms with Gasteiger partial charge in [-0.1, -0.05) is 18.2 Å². The number of nitrogens with one attached hydrogen (secondary N) is 2. The number of para-hydroxylation sites is 1. The Morgan fingerprint density at radius 2 is 2.04 bits per heavy atom. The quantitative estimate of drug-likeness (QED) is 0.388. The van der Waals surface area contributed by atoms with E-state index < -0.39 is 10.0 Å². The summed E-state index contributed by atoms with van der Waals surface area (Å²) in [6.45, 7) is 0. The number of hydrogen-bond donors (Lipinski definition) is 4. The van der Waals surface area contributed by atoms with Crippen LogP contribution in [0.25, 0.3) is 10.9 Å². The number of rotatable bonds is 4. The third kappa shape index (κ3) is 4.05. The number of methoxy groups -OCH3 is 1. The molecule has 0 aliphatic heterocycles. The third-order valence-corrected chi connectivity index (χ3v) is 4.72. The Kier molecular flexibility index (Phi) is 5.08. The first kappa shape index (κ1) is 18.8. The second-order valence-corrected chi connectivity index (χ2v) is 7.36. The zero-order valence-corrected chi connectivity index (χ0v) is 15.6. The van der Waals surface area contributed by atoms with Crippen molar-refractivity contribution in [3.8, 4) is 11.6 Å². The van der Waals surface area contributed by atoms with E-state index in [4.69, 9.17) is 22.1 Å². The summed E-state index contributed by atoms with van der Waals surface area (Å²) in [5, 5.41) is 26.3. The van der Waals surface area contributed by atoms with E-state index in [0.717, 1.165) is 0 Å². The summed E-state index contributed by atoms with van der Waals surface area (Å²) in [5.41, 5.74) is 1.16. The molecule has 2 aromatic carbocycles. The molecule has 3 rings (SSSR count). The molecule has 11 heteroatoms. The summed E-state index contributed by atoms with van der Waals surface area (Å²) in [6, 6.07) is 11.0. The Balaban J connectivity index is 1.84. The highest BCUT2D eigenvalue weighted by Gasteiger charge is 2.14. The molecule has 9 nitrogen and oxygen atoms in total. The number of nitrogens with zero attached hydrogens (tertiary/aromatic N) is 2. The highest BCUT2D eigenvalue weighted by molar-refractivity contribution is 7.89. The molecule has 0 atom stereocenters. The van der Waals surface area contributed by atoms with Crippen LogP contribution in [0.15, 0.2) is 57.6 Å². The van der Waals surface area contributed by atoms with Crippen molar-refractivity contribution in [2.45, 2.75) is 4.90 Å². The number of thiocarbonyl (C=S) groups is 1. The summed E-state index contributed by atoms with van der Waals surface area (Å²) >= 11 is 5.09. The van der Waals surface area contributed by atoms with E-state index in [-0.39, 0.29) is 21.6 Å². The van der Waals surface area contributed by atoms with Gasteiger partial charge in [-0.05, 0) is 36.5 Å². The Labute approximate surface area is 159 Å². The molecule has 0 unspecified atom stereocenters. The van der Waals surface area contributed by atoms with Gasteiger partial charge >= 0.3 is 0 Å². The van der Waals surface area contributed by atoms with Gasteiger partial charge < -0.3 is 20.1 Å². The van der Waals surface area contributed by atoms with Gasteiger partial charge in [-0.3, -0.25) is 0 Å². The molecular formula is C16H15N5O4S2. The molecule has 1 aromatic heterocycles. The van der Waals surface area contributed by atoms with Crippen molar-refractivity contribution in [3.05, 3.63) is 42.5 Å². The van der Waals surface area contributed by atoms with Crippen molar-refractivity contribution in [2.24, 2.45) is 15.4 Å². The zero-order chi connectivity index (χ0) is 19.6. The maximum Gasteiger partial charge on any atom is 0.238 e. The van der Waals surface area contributed by atoms with Crippen molar-refractivity contribution in [3.63, 3.8) is 0 Å². The van der Waals surface area contributed by atoms with Gasteiger partial charge in [0.2, 0.25) is 21.0 Å². The van der Waals surface area contributed by atoms with E-state index in [2.05, 4.69) is 20.5 Å². The fourth-order valence-electron chi connectivity index (χ4n) is 2.43. The van der Waals surface area contributed by atoms with Crippen molar-refractivity contribution in [1.82, 2.24) is 4.98 Å². The highest BCUT2D eigenvalue weighted by Crippen LogP contribution is 2.39. The number of primary sulfonamides is 1. The van der Waals surface area contributed by atoms with Gasteiger partial charge in [0.1, 0.15) is 5.75 Å². The van der Waals surface area contributed by atoms with Crippen LogP contribution in [-0.2, 0) is 10.0 Å². The van der Waals surface area contributed by atoms with Crippen molar-refractivity contribution < 1.29 is 18.3 Å². The molecule has 0 saturated carbocycles. The SMILES string of the molecule is COc1cccc2c(N=NC(=S)Nc3cccc(S(N)(=O)=O)c3)c(O)[nH]c12. The number of aromatic hydroxyl groups is 1. The Morgan fingerprint density at radius 1 is 1.30 bits per heavy atom. The zero-order valence-electron chi connectivity index (χ0n) is 14.0. The van der Waals surface area contributed by atoms with Gasteiger partial charge in [-0.15, -0.1) is 10.2 Å². The van der Waals surface area contributed by atoms with Gasteiger partial charge in [0.25, 0.3) is 0 Å². The number of ether oxygens (including phenoxy) is 1. The fraction of sp³-hybridized carbons (Fsp3) is 0.0625. The molecule has 140 valence electrons. The third-order valence-electron chi connectivity index (χ3n) is 3.62. The molecule has 0 spiro atoms. The first-order valence-corrected chi connectivity index (χ1v) is 9.48. The summed E-state index contributed by atoms with van der Waals surface area (Å²) in [4.78, 5) is 2.72. The van der Waals surface area contributed by atoms with Crippen LogP contribution in [0.5, 0.6) is 11.6 Å². The molecule has 0 bridgehead atoms. The van der Waals surface area contributed by atoms with Crippen LogP contribution in [0, 0.1) is 0 Å². The van der Waals surface area contributed by atoms with Gasteiger partial charge in [0.05, 0.1) is 17.5 Å². The summed E-state index contributed by atoms with van der Waals surface area (Å²) in [7, 11) is -2.32. The average Bonchev–Trinajstić information content (AvgIpc) is 2.94. The minimum absolute atomic E-state index is 0.0294. The number of aromatic nitrogens is 1. The lowest BCUT2D eigenvalue weighted by molar-refractivity contribution is 0.417. The molecular weight excluding hydrogens is 390 g/mol. The second-order valence-electron chi connectivity index (χ2n) is 5.41. The molecule has 27 heavy (non-hydrogen) atoms. The molecule has 0 saturated heterocycles. The van der Waals surface area contributed by atoms with Gasteiger partial charge in [0.15, 0.2) is 5.69 Å². The maximum absolute atomic E-state index is 11.4. The number of fused-ring (bicyclic) bond motifs is 1.